The van der Waals surface area contributed by atoms with E-state index in [1.54, 1.807) is 0 Å². The van der Waals surface area contributed by atoms with Crippen molar-refractivity contribution in [2.75, 3.05) is 40.0 Å². The summed E-state index contributed by atoms with van der Waals surface area (Å²) < 4.78 is 25.0. The van der Waals surface area contributed by atoms with Crippen LogP contribution in [0.4, 0.5) is 4.39 Å². The second kappa shape index (κ2) is 8.94. The van der Waals surface area contributed by atoms with E-state index in [1.165, 1.54) is 37.4 Å². The fourth-order valence-electron chi connectivity index (χ4n) is 2.90. The van der Waals surface area contributed by atoms with Crippen molar-refractivity contribution in [1.82, 2.24) is 9.64 Å². The summed E-state index contributed by atoms with van der Waals surface area (Å²) in [6.45, 7) is 2.92. The fraction of sp³-hybridized carbons (Fsp3) is 0.444. The van der Waals surface area contributed by atoms with Crippen molar-refractivity contribution in [1.29, 1.82) is 0 Å². The first-order chi connectivity index (χ1) is 13.1. The molecule has 0 N–H and O–H groups in total. The summed E-state index contributed by atoms with van der Waals surface area (Å²) in [4.78, 5) is 35.7. The Bertz CT molecular complexity index is 810. The van der Waals surface area contributed by atoms with Gasteiger partial charge in [0, 0.05) is 25.2 Å². The third-order valence-corrected chi connectivity index (χ3v) is 4.30. The number of benzene rings is 1. The first-order valence-corrected chi connectivity index (χ1v) is 8.58. The van der Waals surface area contributed by atoms with E-state index in [4.69, 9.17) is 9.26 Å². The number of halogens is 1. The smallest absolute Gasteiger partial charge is 0.348 e. The highest BCUT2D eigenvalue weighted by molar-refractivity contribution is 5.72. The van der Waals surface area contributed by atoms with Crippen LogP contribution in [-0.2, 0) is 25.9 Å². The van der Waals surface area contributed by atoms with Crippen molar-refractivity contribution >= 4 is 5.97 Å². The summed E-state index contributed by atoms with van der Waals surface area (Å²) in [6, 6.07) is 6.90. The van der Waals surface area contributed by atoms with Gasteiger partial charge in [-0.2, -0.15) is 9.63 Å². The van der Waals surface area contributed by atoms with Crippen LogP contribution in [0.25, 0.3) is 11.3 Å². The molecule has 1 aliphatic rings. The van der Waals surface area contributed by atoms with Gasteiger partial charge in [-0.3, -0.25) is 14.6 Å². The van der Waals surface area contributed by atoms with E-state index >= 15 is 0 Å². The Morgan fingerprint density at radius 2 is 1.93 bits per heavy atom. The molecule has 3 rings (SSSR count). The molecule has 1 saturated heterocycles. The Balaban J connectivity index is 1.77. The van der Waals surface area contributed by atoms with Crippen LogP contribution < -0.4 is 5.56 Å². The molecule has 8 nitrogen and oxygen atoms in total. The third kappa shape index (κ3) is 5.03. The van der Waals surface area contributed by atoms with Gasteiger partial charge in [-0.05, 0) is 24.3 Å². The number of ether oxygens (including phenoxy) is 1. The number of aromatic nitrogens is 1. The summed E-state index contributed by atoms with van der Waals surface area (Å²) in [5.41, 5.74) is 0.169. The molecule has 2 aromatic rings. The van der Waals surface area contributed by atoms with E-state index in [9.17, 15) is 14.0 Å². The number of hydrogen-bond acceptors (Lipinski definition) is 7. The minimum atomic E-state index is -0.659. The lowest BCUT2D eigenvalue weighted by Crippen LogP contribution is -2.43. The van der Waals surface area contributed by atoms with Crippen LogP contribution in [0, 0.1) is 11.7 Å². The van der Waals surface area contributed by atoms with Crippen molar-refractivity contribution in [3.63, 3.8) is 0 Å². The molecule has 2 heterocycles. The Labute approximate surface area is 154 Å². The van der Waals surface area contributed by atoms with E-state index in [0.717, 1.165) is 4.74 Å². The van der Waals surface area contributed by atoms with Gasteiger partial charge in [0.05, 0.1) is 38.9 Å². The molecule has 0 amide bonds. The fourth-order valence-corrected chi connectivity index (χ4v) is 2.90. The van der Waals surface area contributed by atoms with Gasteiger partial charge in [0.15, 0.2) is 5.76 Å². The van der Waals surface area contributed by atoms with E-state index in [2.05, 4.69) is 14.7 Å². The van der Waals surface area contributed by atoms with Crippen LogP contribution in [0.15, 0.2) is 39.6 Å². The van der Waals surface area contributed by atoms with Gasteiger partial charge in [-0.1, -0.05) is 0 Å². The summed E-state index contributed by atoms with van der Waals surface area (Å²) in [5.74, 6) is -1.33. The molecule has 1 unspecified atom stereocenters. The Kier molecular flexibility index (Phi) is 6.38. The standard InChI is InChI=1S/C18H21FN2O6/c1-24-27-18(23)14(11-20-6-8-25-9-7-20)12-21-17(22)10-16(26-21)13-2-4-15(19)5-3-13/h2-5,10,14H,6-9,11-12H2,1H3. The highest BCUT2D eigenvalue weighted by atomic mass is 19.1. The van der Waals surface area contributed by atoms with Gasteiger partial charge in [0.25, 0.3) is 5.56 Å². The quantitative estimate of drug-likeness (QED) is 0.529. The van der Waals surface area contributed by atoms with Gasteiger partial charge in [0.2, 0.25) is 0 Å². The number of carbonyl (C=O) groups excluding carboxylic acids is 1. The zero-order valence-corrected chi connectivity index (χ0v) is 14.9. The van der Waals surface area contributed by atoms with E-state index < -0.39 is 17.4 Å². The van der Waals surface area contributed by atoms with Gasteiger partial charge in [-0.15, -0.1) is 0 Å². The Hall–Kier alpha value is -2.49. The van der Waals surface area contributed by atoms with Crippen molar-refractivity contribution < 1.29 is 28.2 Å². The van der Waals surface area contributed by atoms with Crippen molar-refractivity contribution in [2.45, 2.75) is 6.54 Å². The molecule has 1 aromatic carbocycles. The average molecular weight is 380 g/mol. The first-order valence-electron chi connectivity index (χ1n) is 8.58. The molecule has 146 valence electrons. The SMILES string of the molecule is COOC(=O)C(CN1CCOCC1)Cn1oc(-c2ccc(F)cc2)cc1=O. The average Bonchev–Trinajstić information content (AvgIpc) is 3.03. The number of carbonyl (C=O) groups is 1. The first kappa shape index (κ1) is 19.3. The summed E-state index contributed by atoms with van der Waals surface area (Å²) in [7, 11) is 1.25. The Morgan fingerprint density at radius 1 is 1.22 bits per heavy atom. The molecule has 0 saturated carbocycles. The monoisotopic (exact) mass is 380 g/mol. The lowest BCUT2D eigenvalue weighted by molar-refractivity contribution is -0.260. The van der Waals surface area contributed by atoms with Gasteiger partial charge in [0.1, 0.15) is 5.82 Å². The summed E-state index contributed by atoms with van der Waals surface area (Å²) in [6.07, 6.45) is 0. The predicted molar refractivity (Wildman–Crippen MR) is 92.2 cm³/mol. The zero-order chi connectivity index (χ0) is 19.2. The lowest BCUT2D eigenvalue weighted by Gasteiger charge is -2.29. The van der Waals surface area contributed by atoms with Crippen molar-refractivity contribution in [2.24, 2.45) is 5.92 Å². The van der Waals surface area contributed by atoms with Crippen LogP contribution in [-0.4, -0.2) is 55.6 Å². The van der Waals surface area contributed by atoms with Crippen LogP contribution in [0.3, 0.4) is 0 Å². The molecule has 0 radical (unpaired) electrons. The maximum atomic E-state index is 13.1. The van der Waals surface area contributed by atoms with Gasteiger partial charge in [-0.25, -0.2) is 9.18 Å². The van der Waals surface area contributed by atoms with Crippen LogP contribution in [0.2, 0.25) is 0 Å². The van der Waals surface area contributed by atoms with Gasteiger partial charge >= 0.3 is 5.97 Å². The molecule has 1 atom stereocenters. The van der Waals surface area contributed by atoms with Crippen molar-refractivity contribution in [3.05, 3.63) is 46.5 Å². The van der Waals surface area contributed by atoms with Crippen LogP contribution >= 0.6 is 0 Å². The third-order valence-electron chi connectivity index (χ3n) is 4.30. The van der Waals surface area contributed by atoms with E-state index in [0.29, 0.717) is 44.2 Å². The molecule has 0 spiro atoms. The lowest BCUT2D eigenvalue weighted by atomic mass is 10.1. The second-order valence-corrected chi connectivity index (χ2v) is 6.19. The number of morpholine rings is 1. The molecule has 0 bridgehead atoms. The maximum Gasteiger partial charge on any atom is 0.348 e. The minimum Gasteiger partial charge on any atom is -0.379 e. The maximum absolute atomic E-state index is 13.1. The molecular formula is C18H21FN2O6. The topological polar surface area (TPSA) is 83.1 Å². The largest absolute Gasteiger partial charge is 0.379 e. The molecule has 1 fully saturated rings. The molecule has 1 aliphatic heterocycles. The van der Waals surface area contributed by atoms with Crippen LogP contribution in [0.1, 0.15) is 0 Å². The molecule has 0 aliphatic carbocycles. The number of hydrogen-bond donors (Lipinski definition) is 0. The number of rotatable bonds is 7. The Morgan fingerprint density at radius 3 is 2.59 bits per heavy atom. The highest BCUT2D eigenvalue weighted by Crippen LogP contribution is 2.19. The molecule has 9 heteroatoms. The van der Waals surface area contributed by atoms with Crippen molar-refractivity contribution in [3.8, 4) is 11.3 Å². The van der Waals surface area contributed by atoms with E-state index in [1.807, 2.05) is 0 Å². The van der Waals surface area contributed by atoms with Gasteiger partial charge < -0.3 is 9.26 Å². The number of nitrogens with zero attached hydrogens (tertiary/aromatic N) is 2. The zero-order valence-electron chi connectivity index (χ0n) is 14.9. The highest BCUT2D eigenvalue weighted by Gasteiger charge is 2.27. The second-order valence-electron chi connectivity index (χ2n) is 6.19. The molecule has 1 aromatic heterocycles. The normalized spacial score (nSPS) is 16.2. The summed E-state index contributed by atoms with van der Waals surface area (Å²) >= 11 is 0. The van der Waals surface area contributed by atoms with E-state index in [-0.39, 0.29) is 12.4 Å². The molecular weight excluding hydrogens is 359 g/mol. The van der Waals surface area contributed by atoms with Crippen LogP contribution in [0.5, 0.6) is 0 Å². The predicted octanol–water partition coefficient (Wildman–Crippen LogP) is 1.30. The molecule has 27 heavy (non-hydrogen) atoms. The summed E-state index contributed by atoms with van der Waals surface area (Å²) in [5, 5.41) is 0. The minimum absolute atomic E-state index is 0.000418.